The van der Waals surface area contributed by atoms with Crippen molar-refractivity contribution in [2.45, 2.75) is 107 Å². The number of ether oxygens (including phenoxy) is 8. The lowest BCUT2D eigenvalue weighted by Crippen LogP contribution is -2.41. The molecule has 0 unspecified atom stereocenters. The minimum absolute atomic E-state index is 0.0336. The van der Waals surface area contributed by atoms with E-state index >= 15 is 0 Å². The predicted octanol–water partition coefficient (Wildman–Crippen LogP) is 8.92. The SMILES string of the molecule is CC(C)(C)C(=O)Cl.CCOC(=O)/C=C/B1OC(C)(C)C(C)(C)O1.CCOC(=O)/C=C/c1ncc(OC)cn1.COc1cnc(/C=C/C(=O)N2CCC=CC2=O)nc1.COc1cnc(/C=C/C(=O)O)nc1.COc1cnc(/C=C/C(=O)OC(=O)C(C)(C)C)nc1.COc1cnc(Br)nc1.O=C1C=CCCN1. The number of nitrogens with zero attached hydrogens (tertiary/aromatic N) is 11. The van der Waals surface area contributed by atoms with Gasteiger partial charge in [-0.05, 0) is 145 Å². The summed E-state index contributed by atoms with van der Waals surface area (Å²) in [4.78, 5) is 139. The molecular formula is C70H89BBrClN12O20. The first kappa shape index (κ1) is 92.2. The standard InChI is InChI=1S/C13H13N3O3.C13H16N2O4.C11H19BO4.C10H12N2O3.C8H8N2O3.C5H5BrN2O.C5H9ClO.C5H7NO/c1-19-10-8-14-11(15-9-10)5-6-13(18)16-7-3-2-4-12(16)17;1-13(2,3)12(17)19-11(16)6-5-10-14-7-9(18-4)8-15-10;1-6-14-9(13)7-8-12-15-10(2,3)11(4,5)16-12;1-3-15-10(13)5-4-9-11-6-8(14-2)7-12-9;1-13-6-4-9-7(10-5-6)2-3-8(11)12;1-9-4-2-7-5(6)8-3-4;1-5(2,3)4(6)7;7-5-3-1-2-4-6-5/h2,4-6,8-9H,3,7H2,1H3;5-8H,1-4H3;7-8H,6H2,1-5H3;4-7H,3H2,1-2H3;2-5H,1H3,(H,11,12);2-3H,1H3;1-3H3;1,3H,2,4H2,(H,6,7)/b2*6-5+;8-7+;5-4+;3-2+;;;. The molecule has 0 saturated carbocycles. The smallest absolute Gasteiger partial charge is 0.487 e. The molecule has 5 aromatic rings. The lowest BCUT2D eigenvalue weighted by atomic mass is 9.90. The Labute approximate surface area is 623 Å². The first-order valence-corrected chi connectivity index (χ1v) is 32.8. The second-order valence-electron chi connectivity index (χ2n) is 23.5. The van der Waals surface area contributed by atoms with Crippen LogP contribution in [0.4, 0.5) is 0 Å². The molecule has 1 saturated heterocycles. The highest BCUT2D eigenvalue weighted by molar-refractivity contribution is 9.10. The van der Waals surface area contributed by atoms with E-state index < -0.39 is 36.4 Å². The van der Waals surface area contributed by atoms with Crippen LogP contribution in [0.15, 0.2) is 127 Å². The van der Waals surface area contributed by atoms with Crippen LogP contribution in [-0.4, -0.2) is 193 Å². The van der Waals surface area contributed by atoms with E-state index in [0.717, 1.165) is 25.1 Å². The van der Waals surface area contributed by atoms with Crippen LogP contribution in [0.2, 0.25) is 0 Å². The van der Waals surface area contributed by atoms with Gasteiger partial charge in [0, 0.05) is 48.9 Å². The zero-order valence-corrected chi connectivity index (χ0v) is 63.9. The van der Waals surface area contributed by atoms with Crippen LogP contribution in [0.1, 0.15) is 119 Å². The molecule has 0 bridgehead atoms. The van der Waals surface area contributed by atoms with Gasteiger partial charge in [0.05, 0.1) is 127 Å². The molecule has 8 rings (SSSR count). The van der Waals surface area contributed by atoms with Crippen molar-refractivity contribution >= 4 is 112 Å². The Morgan fingerprint density at radius 1 is 0.552 bits per heavy atom. The fourth-order valence-electron chi connectivity index (χ4n) is 6.26. The zero-order valence-electron chi connectivity index (χ0n) is 61.6. The summed E-state index contributed by atoms with van der Waals surface area (Å²) in [5.41, 5.74) is -1.85. The predicted molar refractivity (Wildman–Crippen MR) is 391 cm³/mol. The number of imide groups is 1. The number of methoxy groups -OCH3 is 5. The maximum Gasteiger partial charge on any atom is 0.487 e. The van der Waals surface area contributed by atoms with Crippen LogP contribution in [0.25, 0.3) is 24.3 Å². The minimum atomic E-state index is -1.03. The summed E-state index contributed by atoms with van der Waals surface area (Å²) in [5, 5.41) is 10.7. The summed E-state index contributed by atoms with van der Waals surface area (Å²) >= 11 is 8.21. The molecule has 0 aromatic carbocycles. The molecule has 1 fully saturated rings. The van der Waals surface area contributed by atoms with Crippen molar-refractivity contribution in [1.82, 2.24) is 60.1 Å². The lowest BCUT2D eigenvalue weighted by Gasteiger charge is -2.32. The van der Waals surface area contributed by atoms with Crippen LogP contribution < -0.4 is 29.0 Å². The number of carbonyl (C=O) groups is 9. The van der Waals surface area contributed by atoms with Crippen LogP contribution >= 0.6 is 27.5 Å². The van der Waals surface area contributed by atoms with Gasteiger partial charge < -0.3 is 57.6 Å². The first-order valence-electron chi connectivity index (χ1n) is 31.7. The van der Waals surface area contributed by atoms with E-state index in [1.165, 1.54) is 132 Å². The molecule has 35 heteroatoms. The normalized spacial score (nSPS) is 13.8. The molecule has 0 radical (unpaired) electrons. The molecule has 8 heterocycles. The fourth-order valence-corrected chi connectivity index (χ4v) is 6.47. The van der Waals surface area contributed by atoms with Crippen molar-refractivity contribution in [2.24, 2.45) is 10.8 Å². The summed E-state index contributed by atoms with van der Waals surface area (Å²) < 4.78 is 50.4. The number of carboxylic acids is 1. The molecule has 3 amide bonds. The molecule has 566 valence electrons. The average Bonchev–Trinajstić information content (AvgIpc) is 1.64. The summed E-state index contributed by atoms with van der Waals surface area (Å²) in [6, 6.07) is 0. The third-order valence-corrected chi connectivity index (χ3v) is 13.7. The number of nitrogens with one attached hydrogen (secondary N) is 1. The summed E-state index contributed by atoms with van der Waals surface area (Å²) in [6.07, 6.45) is 35.0. The van der Waals surface area contributed by atoms with Gasteiger partial charge in [0.15, 0.2) is 56.8 Å². The van der Waals surface area contributed by atoms with Gasteiger partial charge in [0.2, 0.25) is 11.1 Å². The highest BCUT2D eigenvalue weighted by atomic mass is 79.9. The number of rotatable bonds is 17. The van der Waals surface area contributed by atoms with Crippen LogP contribution in [0.5, 0.6) is 28.7 Å². The van der Waals surface area contributed by atoms with Crippen molar-refractivity contribution in [3.63, 3.8) is 0 Å². The second-order valence-corrected chi connectivity index (χ2v) is 24.5. The van der Waals surface area contributed by atoms with Crippen LogP contribution in [0, 0.1) is 10.8 Å². The van der Waals surface area contributed by atoms with E-state index in [2.05, 4.69) is 75.8 Å². The van der Waals surface area contributed by atoms with E-state index in [4.69, 9.17) is 59.2 Å². The Morgan fingerprint density at radius 2 is 0.905 bits per heavy atom. The van der Waals surface area contributed by atoms with E-state index in [1.807, 2.05) is 33.8 Å². The van der Waals surface area contributed by atoms with Gasteiger partial charge in [-0.1, -0.05) is 32.9 Å². The second kappa shape index (κ2) is 48.9. The van der Waals surface area contributed by atoms with Gasteiger partial charge in [-0.2, -0.15) is 0 Å². The number of esters is 4. The van der Waals surface area contributed by atoms with E-state index in [-0.39, 0.29) is 45.6 Å². The number of aliphatic carboxylic acids is 1. The zero-order chi connectivity index (χ0) is 79.2. The molecule has 32 nitrogen and oxygen atoms in total. The maximum atomic E-state index is 11.8. The van der Waals surface area contributed by atoms with Crippen molar-refractivity contribution in [3.05, 3.63) is 151 Å². The third kappa shape index (κ3) is 40.6. The first-order chi connectivity index (χ1) is 49.5. The molecule has 2 N–H and O–H groups in total. The quantitative estimate of drug-likeness (QED) is 0.0167. The Kier molecular flexibility index (Phi) is 43.0. The summed E-state index contributed by atoms with van der Waals surface area (Å²) in [7, 11) is 7.15. The number of amides is 3. The summed E-state index contributed by atoms with van der Waals surface area (Å²) in [6.45, 7) is 23.6. The van der Waals surface area contributed by atoms with Crippen molar-refractivity contribution in [3.8, 4) is 28.7 Å². The number of halogens is 2. The van der Waals surface area contributed by atoms with Crippen LogP contribution in [0.3, 0.4) is 0 Å². The van der Waals surface area contributed by atoms with E-state index in [0.29, 0.717) is 83.0 Å². The molecule has 0 spiro atoms. The maximum absolute atomic E-state index is 11.8. The molecule has 3 aliphatic heterocycles. The molecule has 0 aliphatic carbocycles. The van der Waals surface area contributed by atoms with Crippen molar-refractivity contribution < 1.29 is 95.5 Å². The highest BCUT2D eigenvalue weighted by Crippen LogP contribution is 2.37. The molecular weight excluding hydrogens is 1460 g/mol. The van der Waals surface area contributed by atoms with Crippen molar-refractivity contribution in [1.29, 1.82) is 0 Å². The fraction of sp³-hybridized carbons (Fsp3) is 0.386. The van der Waals surface area contributed by atoms with E-state index in [9.17, 15) is 43.2 Å². The van der Waals surface area contributed by atoms with Crippen molar-refractivity contribution in [2.75, 3.05) is 61.9 Å². The number of hydrogen-bond acceptors (Lipinski definition) is 29. The summed E-state index contributed by atoms with van der Waals surface area (Å²) in [5.74, 6) is 2.11. The van der Waals surface area contributed by atoms with Gasteiger partial charge in [-0.3, -0.25) is 28.9 Å². The largest absolute Gasteiger partial charge is 0.494 e. The van der Waals surface area contributed by atoms with Gasteiger partial charge in [0.1, 0.15) is 0 Å². The molecule has 0 atom stereocenters. The Morgan fingerprint density at radius 3 is 1.22 bits per heavy atom. The Bertz CT molecular complexity index is 3760. The third-order valence-electron chi connectivity index (χ3n) is 12.7. The topological polar surface area (TPSA) is 410 Å². The van der Waals surface area contributed by atoms with Gasteiger partial charge >= 0.3 is 37.0 Å². The number of carboxylic acid groups (broad SMARTS) is 1. The number of hydrogen-bond donors (Lipinski definition) is 2. The number of carbonyl (C=O) groups excluding carboxylic acids is 8. The van der Waals surface area contributed by atoms with Gasteiger partial charge in [0.25, 0.3) is 11.8 Å². The van der Waals surface area contributed by atoms with Crippen LogP contribution in [-0.2, 0) is 66.7 Å². The monoisotopic (exact) mass is 1540 g/mol. The molecule has 3 aliphatic rings. The number of aromatic nitrogens is 10. The molecule has 105 heavy (non-hydrogen) atoms. The highest BCUT2D eigenvalue weighted by Gasteiger charge is 2.50. The average molecular weight is 1540 g/mol. The Hall–Kier alpha value is -10.8. The molecule has 5 aromatic heterocycles. The van der Waals surface area contributed by atoms with Gasteiger partial charge in [-0.15, -0.1) is 0 Å². The van der Waals surface area contributed by atoms with Gasteiger partial charge in [-0.25, -0.2) is 69.0 Å². The Balaban J connectivity index is 0.000000613. The lowest BCUT2D eigenvalue weighted by molar-refractivity contribution is -0.162. The van der Waals surface area contributed by atoms with E-state index in [1.54, 1.807) is 93.0 Å². The minimum Gasteiger partial charge on any atom is -0.494 e.